The fourth-order valence-electron chi connectivity index (χ4n) is 5.72. The summed E-state index contributed by atoms with van der Waals surface area (Å²) < 4.78 is 27.7. The van der Waals surface area contributed by atoms with Crippen molar-refractivity contribution in [1.82, 2.24) is 5.32 Å². The van der Waals surface area contributed by atoms with Crippen LogP contribution in [0.1, 0.15) is 62.3 Å². The van der Waals surface area contributed by atoms with Crippen molar-refractivity contribution in [2.24, 2.45) is 5.92 Å². The highest BCUT2D eigenvalue weighted by atomic mass is 32.1. The number of allylic oxidation sites excluding steroid dienone is 3. The number of esters is 2. The maximum absolute atomic E-state index is 14.5. The molecule has 0 radical (unpaired) electrons. The summed E-state index contributed by atoms with van der Waals surface area (Å²) >= 11 is 1.50. The van der Waals surface area contributed by atoms with Gasteiger partial charge in [0.1, 0.15) is 5.92 Å². The van der Waals surface area contributed by atoms with E-state index in [2.05, 4.69) is 5.32 Å². The summed E-state index contributed by atoms with van der Waals surface area (Å²) in [5.74, 6) is -2.65. The number of nitrogens with one attached hydrogen (secondary N) is 1. The van der Waals surface area contributed by atoms with E-state index in [1.54, 1.807) is 26.0 Å². The topological polar surface area (TPSA) is 109 Å². The molecule has 2 aliphatic rings. The van der Waals surface area contributed by atoms with Crippen molar-refractivity contribution < 1.29 is 38.1 Å². The molecule has 1 aromatic heterocycles. The quantitative estimate of drug-likeness (QED) is 0.280. The smallest absolute Gasteiger partial charge is 0.336 e. The number of benzene rings is 1. The molecule has 3 atom stereocenters. The Morgan fingerprint density at radius 2 is 1.68 bits per heavy atom. The van der Waals surface area contributed by atoms with Crippen LogP contribution >= 0.6 is 11.3 Å². The van der Waals surface area contributed by atoms with E-state index in [4.69, 9.17) is 23.7 Å². The van der Waals surface area contributed by atoms with Gasteiger partial charge in [-0.05, 0) is 55.8 Å². The Labute approximate surface area is 244 Å². The second-order valence-corrected chi connectivity index (χ2v) is 10.7. The lowest BCUT2D eigenvalue weighted by molar-refractivity contribution is -0.152. The van der Waals surface area contributed by atoms with E-state index in [-0.39, 0.29) is 19.0 Å². The molecule has 1 aliphatic carbocycles. The predicted molar refractivity (Wildman–Crippen MR) is 154 cm³/mol. The van der Waals surface area contributed by atoms with Crippen LogP contribution in [0.4, 0.5) is 0 Å². The molecule has 0 fully saturated rings. The second-order valence-electron chi connectivity index (χ2n) is 9.69. The number of ether oxygens (including phenoxy) is 5. The number of dihydropyridines is 1. The SMILES string of the molecule is CCCC1=C(C(=O)OCC)[C@@H](c2cc(OC)c(OC)c(OC)c2)C2=C(C[C@H](c3cccs3)[C@H](C(=O)OCC)C2=O)N1. The molecule has 0 unspecified atom stereocenters. The molecule has 1 N–H and O–H groups in total. The molecule has 2 heterocycles. The minimum Gasteiger partial charge on any atom is -0.493 e. The van der Waals surface area contributed by atoms with E-state index in [0.29, 0.717) is 58.2 Å². The van der Waals surface area contributed by atoms with Gasteiger partial charge < -0.3 is 29.0 Å². The first kappa shape index (κ1) is 30.2. The molecular formula is C31H37NO8S. The fourth-order valence-corrected chi connectivity index (χ4v) is 6.58. The average Bonchev–Trinajstić information content (AvgIpc) is 3.51. The molecule has 0 amide bonds. The Balaban J connectivity index is 2.00. The Hall–Kier alpha value is -3.79. The van der Waals surface area contributed by atoms with Crippen LogP contribution in [-0.4, -0.2) is 52.3 Å². The number of thiophene rings is 1. The molecule has 2 aromatic rings. The monoisotopic (exact) mass is 583 g/mol. The predicted octanol–water partition coefficient (Wildman–Crippen LogP) is 5.27. The molecule has 9 nitrogen and oxygen atoms in total. The van der Waals surface area contributed by atoms with Crippen LogP contribution < -0.4 is 19.5 Å². The molecule has 41 heavy (non-hydrogen) atoms. The molecule has 10 heteroatoms. The number of hydrogen-bond donors (Lipinski definition) is 1. The average molecular weight is 584 g/mol. The molecule has 220 valence electrons. The Morgan fingerprint density at radius 1 is 1.00 bits per heavy atom. The van der Waals surface area contributed by atoms with Crippen LogP contribution in [0.3, 0.4) is 0 Å². The van der Waals surface area contributed by atoms with Gasteiger partial charge in [0.05, 0.1) is 40.1 Å². The van der Waals surface area contributed by atoms with Crippen molar-refractivity contribution in [2.45, 2.75) is 51.9 Å². The minimum atomic E-state index is -1.06. The van der Waals surface area contributed by atoms with Gasteiger partial charge in [-0.1, -0.05) is 19.4 Å². The Bertz CT molecular complexity index is 1340. The van der Waals surface area contributed by atoms with Gasteiger partial charge in [-0.3, -0.25) is 9.59 Å². The highest BCUT2D eigenvalue weighted by molar-refractivity contribution is 7.10. The van der Waals surface area contributed by atoms with Gasteiger partial charge in [0.15, 0.2) is 17.3 Å². The second kappa shape index (κ2) is 13.2. The number of hydrogen-bond acceptors (Lipinski definition) is 10. The zero-order chi connectivity index (χ0) is 29.7. The Morgan fingerprint density at radius 3 is 2.22 bits per heavy atom. The van der Waals surface area contributed by atoms with Crippen LogP contribution in [0.25, 0.3) is 0 Å². The first-order valence-electron chi connectivity index (χ1n) is 13.8. The van der Waals surface area contributed by atoms with Gasteiger partial charge >= 0.3 is 11.9 Å². The summed E-state index contributed by atoms with van der Waals surface area (Å²) in [5.41, 5.74) is 2.62. The molecule has 0 saturated heterocycles. The van der Waals surface area contributed by atoms with E-state index in [1.165, 1.54) is 32.7 Å². The number of carbonyl (C=O) groups excluding carboxylic acids is 3. The highest BCUT2D eigenvalue weighted by Gasteiger charge is 2.50. The molecule has 0 spiro atoms. The first-order valence-corrected chi connectivity index (χ1v) is 14.7. The normalized spacial score (nSPS) is 20.2. The van der Waals surface area contributed by atoms with Gasteiger partial charge in [0.25, 0.3) is 0 Å². The number of methoxy groups -OCH3 is 3. The van der Waals surface area contributed by atoms with Crippen LogP contribution in [0.5, 0.6) is 17.2 Å². The maximum Gasteiger partial charge on any atom is 0.336 e. The van der Waals surface area contributed by atoms with Crippen molar-refractivity contribution >= 4 is 29.1 Å². The summed E-state index contributed by atoms with van der Waals surface area (Å²) in [6, 6.07) is 7.32. The number of ketones is 1. The van der Waals surface area contributed by atoms with Crippen LogP contribution in [-0.2, 0) is 23.9 Å². The fraction of sp³-hybridized carbons (Fsp3) is 0.452. The molecule has 0 bridgehead atoms. The molecule has 0 saturated carbocycles. The zero-order valence-electron chi connectivity index (χ0n) is 24.3. The van der Waals surface area contributed by atoms with Gasteiger partial charge in [-0.25, -0.2) is 4.79 Å². The van der Waals surface area contributed by atoms with Crippen LogP contribution in [0.2, 0.25) is 0 Å². The van der Waals surface area contributed by atoms with E-state index in [0.717, 1.165) is 11.3 Å². The lowest BCUT2D eigenvalue weighted by Crippen LogP contribution is -2.43. The van der Waals surface area contributed by atoms with Crippen molar-refractivity contribution in [3.63, 3.8) is 0 Å². The third-order valence-electron chi connectivity index (χ3n) is 7.37. The van der Waals surface area contributed by atoms with Crippen molar-refractivity contribution in [3.8, 4) is 17.2 Å². The summed E-state index contributed by atoms with van der Waals surface area (Å²) in [7, 11) is 4.52. The van der Waals surface area contributed by atoms with Crippen molar-refractivity contribution in [1.29, 1.82) is 0 Å². The standard InChI is InChI=1S/C31H37NO8S/c1-7-11-19-27(31(35)40-9-3)24(17-14-21(36-4)29(38-6)22(15-17)37-5)26-20(32-19)16-18(23-12-10-13-41-23)25(28(26)33)30(34)39-8-2/h10,12-15,18,24-25,32H,7-9,11,16H2,1-6H3/t18-,24+,25+/m1/s1. The van der Waals surface area contributed by atoms with Gasteiger partial charge in [0.2, 0.25) is 5.75 Å². The van der Waals surface area contributed by atoms with E-state index < -0.39 is 29.7 Å². The molecule has 4 rings (SSSR count). The van der Waals surface area contributed by atoms with Gasteiger partial charge in [-0.2, -0.15) is 0 Å². The summed E-state index contributed by atoms with van der Waals surface area (Å²) in [4.78, 5) is 42.4. The highest BCUT2D eigenvalue weighted by Crippen LogP contribution is 2.51. The largest absolute Gasteiger partial charge is 0.493 e. The number of Topliss-reactive ketones (excluding diaryl/α,β-unsaturated/α-hetero) is 1. The van der Waals surface area contributed by atoms with Gasteiger partial charge in [0, 0.05) is 33.7 Å². The van der Waals surface area contributed by atoms with Crippen LogP contribution in [0, 0.1) is 5.92 Å². The zero-order valence-corrected chi connectivity index (χ0v) is 25.1. The number of carbonyl (C=O) groups is 3. The van der Waals surface area contributed by atoms with E-state index in [1.807, 2.05) is 24.4 Å². The van der Waals surface area contributed by atoms with Crippen molar-refractivity contribution in [2.75, 3.05) is 34.5 Å². The summed E-state index contributed by atoms with van der Waals surface area (Å²) in [5, 5.41) is 5.37. The van der Waals surface area contributed by atoms with E-state index >= 15 is 0 Å². The lowest BCUT2D eigenvalue weighted by Gasteiger charge is -2.39. The number of rotatable bonds is 11. The molecule has 1 aromatic carbocycles. The third-order valence-corrected chi connectivity index (χ3v) is 8.37. The van der Waals surface area contributed by atoms with E-state index in [9.17, 15) is 14.4 Å². The molecule has 1 aliphatic heterocycles. The first-order chi connectivity index (χ1) is 19.8. The van der Waals surface area contributed by atoms with Gasteiger partial charge in [-0.15, -0.1) is 11.3 Å². The summed E-state index contributed by atoms with van der Waals surface area (Å²) in [6.07, 6.45) is 1.71. The Kier molecular flexibility index (Phi) is 9.75. The minimum absolute atomic E-state index is 0.148. The molecular weight excluding hydrogens is 546 g/mol. The lowest BCUT2D eigenvalue weighted by atomic mass is 9.68. The maximum atomic E-state index is 14.5. The van der Waals surface area contributed by atoms with Crippen molar-refractivity contribution in [3.05, 3.63) is 62.6 Å². The summed E-state index contributed by atoms with van der Waals surface area (Å²) in [6.45, 7) is 5.79. The third kappa shape index (κ3) is 5.70. The van der Waals surface area contributed by atoms with Crippen LogP contribution in [0.15, 0.2) is 52.2 Å².